The topological polar surface area (TPSA) is 65.5 Å². The first-order valence-corrected chi connectivity index (χ1v) is 11.6. The minimum Gasteiger partial charge on any atom is -0.323 e. The maximum absolute atomic E-state index is 13.2. The van der Waals surface area contributed by atoms with E-state index in [0.717, 1.165) is 57.1 Å². The van der Waals surface area contributed by atoms with Gasteiger partial charge in [0.05, 0.1) is 21.9 Å². The molecule has 0 unspecified atom stereocenters. The van der Waals surface area contributed by atoms with E-state index in [2.05, 4.69) is 35.3 Å². The van der Waals surface area contributed by atoms with Crippen LogP contribution in [0.1, 0.15) is 56.4 Å². The number of rotatable bonds is 3. The minimum atomic E-state index is -0.658. The van der Waals surface area contributed by atoms with Crippen molar-refractivity contribution in [3.8, 4) is 0 Å². The van der Waals surface area contributed by atoms with Crippen molar-refractivity contribution >= 4 is 33.5 Å². The summed E-state index contributed by atoms with van der Waals surface area (Å²) in [6.45, 7) is 4.29. The van der Waals surface area contributed by atoms with E-state index < -0.39 is 5.54 Å². The number of urea groups is 1. The number of hydrogen-bond donors (Lipinski definition) is 1. The fourth-order valence-corrected chi connectivity index (χ4v) is 6.35. The summed E-state index contributed by atoms with van der Waals surface area (Å²) < 4.78 is 1.25. The third-order valence-corrected chi connectivity index (χ3v) is 8.29. The van der Waals surface area contributed by atoms with E-state index in [-0.39, 0.29) is 17.9 Å². The zero-order chi connectivity index (χ0) is 20.0. The van der Waals surface area contributed by atoms with Gasteiger partial charge in [-0.1, -0.05) is 31.9 Å². The first kappa shape index (κ1) is 19.0. The number of likely N-dealkylation sites (tertiary alicyclic amines) is 1. The van der Waals surface area contributed by atoms with Crippen molar-refractivity contribution in [3.63, 3.8) is 0 Å². The normalized spacial score (nSPS) is 29.1. The van der Waals surface area contributed by atoms with Gasteiger partial charge < -0.3 is 5.32 Å². The summed E-state index contributed by atoms with van der Waals surface area (Å²) in [6.07, 6.45) is 5.97. The third-order valence-electron chi connectivity index (χ3n) is 7.09. The molecule has 5 rings (SSSR count). The lowest BCUT2D eigenvalue weighted by Crippen LogP contribution is -2.54. The first-order chi connectivity index (χ1) is 14.1. The van der Waals surface area contributed by atoms with Crippen LogP contribution in [0.3, 0.4) is 0 Å². The first-order valence-electron chi connectivity index (χ1n) is 10.8. The van der Waals surface area contributed by atoms with E-state index in [1.54, 1.807) is 11.3 Å². The number of piperidine rings is 1. The largest absolute Gasteiger partial charge is 0.326 e. The molecule has 3 fully saturated rings. The summed E-state index contributed by atoms with van der Waals surface area (Å²) in [5, 5.41) is 4.28. The van der Waals surface area contributed by atoms with Crippen molar-refractivity contribution < 1.29 is 9.59 Å². The summed E-state index contributed by atoms with van der Waals surface area (Å²) in [4.78, 5) is 34.3. The molecule has 6 nitrogen and oxygen atoms in total. The standard InChI is InChI=1S/C22H28N4O2S/c1-15-6-4-5-11-22(15)20(27)26(21(28)24-22)14-25-12-9-16(10-13-25)19-23-17-7-2-3-8-18(17)29-19/h2-3,7-8,15-16H,4-6,9-14H2,1H3,(H,24,28)/t15-,22-/m1/s1. The van der Waals surface area contributed by atoms with Crippen LogP contribution in [0.5, 0.6) is 0 Å². The van der Waals surface area contributed by atoms with Gasteiger partial charge in [-0.05, 0) is 43.7 Å². The highest BCUT2D eigenvalue weighted by atomic mass is 32.1. The Bertz CT molecular complexity index is 903. The number of hydrogen-bond acceptors (Lipinski definition) is 5. The Balaban J connectivity index is 1.22. The van der Waals surface area contributed by atoms with E-state index in [9.17, 15) is 9.59 Å². The van der Waals surface area contributed by atoms with Crippen LogP contribution in [0.25, 0.3) is 10.2 Å². The highest BCUT2D eigenvalue weighted by molar-refractivity contribution is 7.18. The highest BCUT2D eigenvalue weighted by Crippen LogP contribution is 2.39. The van der Waals surface area contributed by atoms with Crippen molar-refractivity contribution in [1.29, 1.82) is 0 Å². The molecule has 1 aliphatic carbocycles. The molecule has 0 bridgehead atoms. The van der Waals surface area contributed by atoms with Crippen molar-refractivity contribution in [3.05, 3.63) is 29.3 Å². The van der Waals surface area contributed by atoms with Crippen molar-refractivity contribution in [2.75, 3.05) is 19.8 Å². The second-order valence-electron chi connectivity index (χ2n) is 8.84. The number of carbonyl (C=O) groups is 2. The van der Waals surface area contributed by atoms with Gasteiger partial charge in [0, 0.05) is 19.0 Å². The molecule has 0 radical (unpaired) electrons. The number of carbonyl (C=O) groups excluding carboxylic acids is 2. The maximum Gasteiger partial charge on any atom is 0.326 e. The van der Waals surface area contributed by atoms with Gasteiger partial charge in [0.15, 0.2) is 0 Å². The van der Waals surface area contributed by atoms with E-state index in [1.807, 2.05) is 6.07 Å². The van der Waals surface area contributed by atoms with Crippen LogP contribution in [-0.2, 0) is 4.79 Å². The Kier molecular flexibility index (Phi) is 4.82. The molecule has 3 heterocycles. The number of imide groups is 1. The average Bonchev–Trinajstić information content (AvgIpc) is 3.26. The van der Waals surface area contributed by atoms with Crippen LogP contribution >= 0.6 is 11.3 Å². The Labute approximate surface area is 175 Å². The van der Waals surface area contributed by atoms with Crippen LogP contribution in [0.15, 0.2) is 24.3 Å². The van der Waals surface area contributed by atoms with Gasteiger partial charge >= 0.3 is 6.03 Å². The fourth-order valence-electron chi connectivity index (χ4n) is 5.21. The fraction of sp³-hybridized carbons (Fsp3) is 0.591. The molecular formula is C22H28N4O2S. The van der Waals surface area contributed by atoms with Crippen LogP contribution in [0.2, 0.25) is 0 Å². The van der Waals surface area contributed by atoms with Crippen molar-refractivity contribution in [2.45, 2.75) is 56.9 Å². The molecule has 3 amide bonds. The van der Waals surface area contributed by atoms with Gasteiger partial charge in [-0.25, -0.2) is 14.7 Å². The second kappa shape index (κ2) is 7.36. The van der Waals surface area contributed by atoms with Crippen LogP contribution in [0, 0.1) is 5.92 Å². The molecule has 1 aromatic carbocycles. The van der Waals surface area contributed by atoms with Crippen molar-refractivity contribution in [1.82, 2.24) is 20.1 Å². The van der Waals surface area contributed by atoms with Crippen LogP contribution in [0.4, 0.5) is 4.79 Å². The number of aromatic nitrogens is 1. The van der Waals surface area contributed by atoms with Gasteiger partial charge in [-0.2, -0.15) is 0 Å². The second-order valence-corrected chi connectivity index (χ2v) is 9.90. The van der Waals surface area contributed by atoms with Gasteiger partial charge in [0.2, 0.25) is 0 Å². The number of fused-ring (bicyclic) bond motifs is 1. The molecule has 2 atom stereocenters. The van der Waals surface area contributed by atoms with Gasteiger partial charge in [0.1, 0.15) is 5.54 Å². The number of benzene rings is 1. The smallest absolute Gasteiger partial charge is 0.323 e. The monoisotopic (exact) mass is 412 g/mol. The number of nitrogens with one attached hydrogen (secondary N) is 1. The number of thiazole rings is 1. The lowest BCUT2D eigenvalue weighted by Gasteiger charge is -2.37. The molecule has 154 valence electrons. The third kappa shape index (κ3) is 3.24. The van der Waals surface area contributed by atoms with Gasteiger partial charge in [-0.15, -0.1) is 11.3 Å². The lowest BCUT2D eigenvalue weighted by molar-refractivity contribution is -0.135. The Morgan fingerprint density at radius 1 is 1.17 bits per heavy atom. The molecule has 1 spiro atoms. The number of nitrogens with zero attached hydrogens (tertiary/aromatic N) is 3. The van der Waals surface area contributed by atoms with Crippen LogP contribution in [-0.4, -0.2) is 52.0 Å². The predicted molar refractivity (Wildman–Crippen MR) is 114 cm³/mol. The van der Waals surface area contributed by atoms with Crippen molar-refractivity contribution in [2.24, 2.45) is 5.92 Å². The van der Waals surface area contributed by atoms with Gasteiger partial charge in [0.25, 0.3) is 5.91 Å². The zero-order valence-electron chi connectivity index (χ0n) is 16.9. The van der Waals surface area contributed by atoms with Crippen LogP contribution < -0.4 is 5.32 Å². The van der Waals surface area contributed by atoms with E-state index in [1.165, 1.54) is 14.6 Å². The van der Waals surface area contributed by atoms with E-state index in [4.69, 9.17) is 4.98 Å². The summed E-state index contributed by atoms with van der Waals surface area (Å²) in [5.41, 5.74) is 0.426. The molecule has 1 saturated carbocycles. The van der Waals surface area contributed by atoms with E-state index >= 15 is 0 Å². The van der Waals surface area contributed by atoms with Gasteiger partial charge in [-0.3, -0.25) is 9.69 Å². The summed E-state index contributed by atoms with van der Waals surface area (Å²) >= 11 is 1.80. The Morgan fingerprint density at radius 2 is 1.97 bits per heavy atom. The Hall–Kier alpha value is -1.99. The average molecular weight is 413 g/mol. The summed E-state index contributed by atoms with van der Waals surface area (Å²) in [7, 11) is 0. The lowest BCUT2D eigenvalue weighted by atomic mass is 9.73. The molecule has 7 heteroatoms. The highest BCUT2D eigenvalue weighted by Gasteiger charge is 2.55. The predicted octanol–water partition coefficient (Wildman–Crippen LogP) is 3.93. The summed E-state index contributed by atoms with van der Waals surface area (Å²) in [6, 6.07) is 8.09. The zero-order valence-corrected chi connectivity index (χ0v) is 17.7. The quantitative estimate of drug-likeness (QED) is 0.776. The number of para-hydroxylation sites is 1. The molecule has 1 aromatic heterocycles. The molecular weight excluding hydrogens is 384 g/mol. The Morgan fingerprint density at radius 3 is 2.72 bits per heavy atom. The maximum atomic E-state index is 13.2. The SMILES string of the molecule is C[C@@H]1CCCC[C@@]12NC(=O)N(CN1CCC(c3nc4ccccc4s3)CC1)C2=O. The minimum absolute atomic E-state index is 0.0111. The molecule has 2 saturated heterocycles. The summed E-state index contributed by atoms with van der Waals surface area (Å²) in [5.74, 6) is 0.668. The molecule has 1 N–H and O–H groups in total. The molecule has 2 aliphatic heterocycles. The number of amides is 3. The molecule has 3 aliphatic rings. The molecule has 29 heavy (non-hydrogen) atoms. The molecule has 2 aromatic rings. The van der Waals surface area contributed by atoms with E-state index in [0.29, 0.717) is 12.6 Å².